The number of halogens is 1. The largest absolute Gasteiger partial charge is 0.339 e. The molecule has 2 aliphatic rings. The highest BCUT2D eigenvalue weighted by atomic mass is 19.1. The van der Waals surface area contributed by atoms with Crippen LogP contribution in [-0.4, -0.2) is 51.2 Å². The van der Waals surface area contributed by atoms with Crippen LogP contribution in [0, 0.1) is 12.7 Å². The number of hydrogen-bond acceptors (Lipinski definition) is 4. The third kappa shape index (κ3) is 5.14. The zero-order valence-corrected chi connectivity index (χ0v) is 18.7. The summed E-state index contributed by atoms with van der Waals surface area (Å²) in [6, 6.07) is 6.13. The summed E-state index contributed by atoms with van der Waals surface area (Å²) >= 11 is 0. The van der Waals surface area contributed by atoms with E-state index in [0.717, 1.165) is 50.8 Å². The smallest absolute Gasteiger partial charge is 0.257 e. The summed E-state index contributed by atoms with van der Waals surface area (Å²) in [5, 5.41) is 0. The van der Waals surface area contributed by atoms with E-state index in [4.69, 9.17) is 0 Å². The zero-order chi connectivity index (χ0) is 22.5. The van der Waals surface area contributed by atoms with Gasteiger partial charge in [-0.15, -0.1) is 0 Å². The molecule has 3 heterocycles. The molecule has 1 atom stereocenters. The van der Waals surface area contributed by atoms with Gasteiger partial charge in [-0.2, -0.15) is 0 Å². The third-order valence-corrected chi connectivity index (χ3v) is 6.53. The molecule has 0 bridgehead atoms. The monoisotopic (exact) mass is 438 g/mol. The Bertz CT molecular complexity index is 957. The highest BCUT2D eigenvalue weighted by molar-refractivity contribution is 5.95. The maximum atomic E-state index is 13.1. The number of rotatable bonds is 5. The number of nitrogens with zero attached hydrogens (tertiary/aromatic N) is 4. The van der Waals surface area contributed by atoms with E-state index in [1.165, 1.54) is 18.6 Å². The molecule has 0 radical (unpaired) electrons. The predicted octanol–water partition coefficient (Wildman–Crippen LogP) is 4.24. The van der Waals surface area contributed by atoms with Gasteiger partial charge in [0, 0.05) is 32.3 Å². The summed E-state index contributed by atoms with van der Waals surface area (Å²) in [4.78, 5) is 38.9. The van der Waals surface area contributed by atoms with Gasteiger partial charge in [-0.05, 0) is 69.6 Å². The van der Waals surface area contributed by atoms with Crippen LogP contribution in [0.3, 0.4) is 0 Å². The van der Waals surface area contributed by atoms with Crippen LogP contribution in [0.1, 0.15) is 78.4 Å². The maximum Gasteiger partial charge on any atom is 0.257 e. The van der Waals surface area contributed by atoms with Crippen LogP contribution < -0.4 is 0 Å². The van der Waals surface area contributed by atoms with Crippen LogP contribution >= 0.6 is 0 Å². The van der Waals surface area contributed by atoms with Gasteiger partial charge in [-0.25, -0.2) is 14.4 Å². The van der Waals surface area contributed by atoms with E-state index in [-0.39, 0.29) is 23.7 Å². The highest BCUT2D eigenvalue weighted by Crippen LogP contribution is 2.30. The SMILES string of the molecule is Cc1nc([C@@H]2CCCCN2C(=O)CCc2ccc(F)cc2)ncc1C(=O)N1CCCCC1. The summed E-state index contributed by atoms with van der Waals surface area (Å²) in [6.45, 7) is 4.12. The molecule has 0 spiro atoms. The maximum absolute atomic E-state index is 13.1. The Morgan fingerprint density at radius 1 is 1.03 bits per heavy atom. The number of carbonyl (C=O) groups excluding carboxylic acids is 2. The fourth-order valence-corrected chi connectivity index (χ4v) is 4.67. The fourth-order valence-electron chi connectivity index (χ4n) is 4.67. The second-order valence-corrected chi connectivity index (χ2v) is 8.81. The minimum Gasteiger partial charge on any atom is -0.339 e. The Morgan fingerprint density at radius 3 is 2.47 bits per heavy atom. The number of aromatic nitrogens is 2. The molecule has 6 nitrogen and oxygen atoms in total. The standard InChI is InChI=1S/C25H31FN4O2/c1-18-21(25(32)29-14-4-2-5-15-29)17-27-24(28-18)22-7-3-6-16-30(22)23(31)13-10-19-8-11-20(26)12-9-19/h8-9,11-12,17,22H,2-7,10,13-16H2,1H3/t22-/m0/s1. The van der Waals surface area contributed by atoms with Gasteiger partial charge in [0.05, 0.1) is 17.3 Å². The Morgan fingerprint density at radius 2 is 1.75 bits per heavy atom. The summed E-state index contributed by atoms with van der Waals surface area (Å²) in [5.41, 5.74) is 2.18. The van der Waals surface area contributed by atoms with Crippen LogP contribution in [0.25, 0.3) is 0 Å². The molecule has 0 aliphatic carbocycles. The average molecular weight is 439 g/mol. The van der Waals surface area contributed by atoms with Gasteiger partial charge in [0.25, 0.3) is 5.91 Å². The summed E-state index contributed by atoms with van der Waals surface area (Å²) in [6.07, 6.45) is 8.64. The van der Waals surface area contributed by atoms with Gasteiger partial charge in [-0.1, -0.05) is 12.1 Å². The molecule has 1 aromatic heterocycles. The van der Waals surface area contributed by atoms with Crippen molar-refractivity contribution in [2.75, 3.05) is 19.6 Å². The minimum atomic E-state index is -0.272. The van der Waals surface area contributed by atoms with E-state index >= 15 is 0 Å². The van der Waals surface area contributed by atoms with E-state index < -0.39 is 0 Å². The molecule has 2 aromatic rings. The number of amides is 2. The molecular weight excluding hydrogens is 407 g/mol. The molecule has 4 rings (SSSR count). The quantitative estimate of drug-likeness (QED) is 0.701. The van der Waals surface area contributed by atoms with Gasteiger partial charge in [0.15, 0.2) is 5.82 Å². The van der Waals surface area contributed by atoms with Crippen molar-refractivity contribution in [2.24, 2.45) is 0 Å². The van der Waals surface area contributed by atoms with Gasteiger partial charge in [0.1, 0.15) is 5.82 Å². The van der Waals surface area contributed by atoms with Crippen LogP contribution in [0.2, 0.25) is 0 Å². The lowest BCUT2D eigenvalue weighted by Crippen LogP contribution is -2.40. The molecule has 170 valence electrons. The summed E-state index contributed by atoms with van der Waals surface area (Å²) in [5.74, 6) is 0.414. The fraction of sp³-hybridized carbons (Fsp3) is 0.520. The molecular formula is C25H31FN4O2. The molecule has 2 saturated heterocycles. The Kier molecular flexibility index (Phi) is 7.12. The van der Waals surface area contributed by atoms with Crippen molar-refractivity contribution in [3.63, 3.8) is 0 Å². The number of hydrogen-bond donors (Lipinski definition) is 0. The number of likely N-dealkylation sites (tertiary alicyclic amines) is 2. The average Bonchev–Trinajstić information content (AvgIpc) is 2.83. The van der Waals surface area contributed by atoms with Crippen molar-refractivity contribution in [2.45, 2.75) is 64.3 Å². The van der Waals surface area contributed by atoms with Crippen LogP contribution in [0.5, 0.6) is 0 Å². The van der Waals surface area contributed by atoms with Crippen LogP contribution in [-0.2, 0) is 11.2 Å². The molecule has 0 unspecified atom stereocenters. The molecule has 2 fully saturated rings. The van der Waals surface area contributed by atoms with Crippen molar-refractivity contribution in [1.29, 1.82) is 0 Å². The first-order chi connectivity index (χ1) is 15.5. The molecule has 0 saturated carbocycles. The van der Waals surface area contributed by atoms with Crippen molar-refractivity contribution < 1.29 is 14.0 Å². The van der Waals surface area contributed by atoms with Crippen molar-refractivity contribution in [3.8, 4) is 0 Å². The number of carbonyl (C=O) groups is 2. The number of benzene rings is 1. The van der Waals surface area contributed by atoms with E-state index in [1.807, 2.05) is 16.7 Å². The first-order valence-corrected chi connectivity index (χ1v) is 11.7. The Labute approximate surface area is 188 Å². The molecule has 2 aliphatic heterocycles. The van der Waals surface area contributed by atoms with Crippen molar-refractivity contribution in [3.05, 3.63) is 58.9 Å². The lowest BCUT2D eigenvalue weighted by atomic mass is 9.99. The molecule has 1 aromatic carbocycles. The van der Waals surface area contributed by atoms with E-state index in [0.29, 0.717) is 36.5 Å². The Balaban J connectivity index is 1.45. The third-order valence-electron chi connectivity index (χ3n) is 6.53. The van der Waals surface area contributed by atoms with Gasteiger partial charge in [-0.3, -0.25) is 9.59 Å². The van der Waals surface area contributed by atoms with E-state index in [9.17, 15) is 14.0 Å². The van der Waals surface area contributed by atoms with E-state index in [1.54, 1.807) is 18.3 Å². The lowest BCUT2D eigenvalue weighted by Gasteiger charge is -2.35. The number of piperidine rings is 2. The second kappa shape index (κ2) is 10.2. The van der Waals surface area contributed by atoms with Crippen LogP contribution in [0.15, 0.2) is 30.5 Å². The van der Waals surface area contributed by atoms with Crippen molar-refractivity contribution >= 4 is 11.8 Å². The Hall–Kier alpha value is -2.83. The highest BCUT2D eigenvalue weighted by Gasteiger charge is 2.30. The summed E-state index contributed by atoms with van der Waals surface area (Å²) < 4.78 is 13.1. The normalized spacial score (nSPS) is 19.1. The predicted molar refractivity (Wildman–Crippen MR) is 120 cm³/mol. The second-order valence-electron chi connectivity index (χ2n) is 8.81. The van der Waals surface area contributed by atoms with Gasteiger partial charge < -0.3 is 9.80 Å². The van der Waals surface area contributed by atoms with Gasteiger partial charge >= 0.3 is 0 Å². The van der Waals surface area contributed by atoms with Gasteiger partial charge in [0.2, 0.25) is 5.91 Å². The topological polar surface area (TPSA) is 66.4 Å². The summed E-state index contributed by atoms with van der Waals surface area (Å²) in [7, 11) is 0. The molecule has 7 heteroatoms. The lowest BCUT2D eigenvalue weighted by molar-refractivity contribution is -0.135. The molecule has 32 heavy (non-hydrogen) atoms. The van der Waals surface area contributed by atoms with Crippen molar-refractivity contribution in [1.82, 2.24) is 19.8 Å². The first-order valence-electron chi connectivity index (χ1n) is 11.7. The molecule has 2 amide bonds. The first kappa shape index (κ1) is 22.4. The van der Waals surface area contributed by atoms with Crippen LogP contribution in [0.4, 0.5) is 4.39 Å². The number of aryl methyl sites for hydroxylation is 2. The minimum absolute atomic E-state index is 0.00428. The van der Waals surface area contributed by atoms with E-state index in [2.05, 4.69) is 9.97 Å². The zero-order valence-electron chi connectivity index (χ0n) is 18.7. The molecule has 0 N–H and O–H groups in total.